The van der Waals surface area contributed by atoms with Crippen molar-refractivity contribution in [1.82, 2.24) is 30.2 Å². The van der Waals surface area contributed by atoms with Crippen molar-refractivity contribution in [3.8, 4) is 34.3 Å². The second-order valence-electron chi connectivity index (χ2n) is 15.1. The number of aromatic carboxylic acids is 1. The highest BCUT2D eigenvalue weighted by atomic mass is 16.5. The van der Waals surface area contributed by atoms with Gasteiger partial charge in [0.15, 0.2) is 13.2 Å². The number of carbonyl (C=O) groups excluding carboxylic acids is 3. The first kappa shape index (κ1) is 43.1. The number of nitrogens with zero attached hydrogens (tertiary/aromatic N) is 3. The van der Waals surface area contributed by atoms with E-state index in [9.17, 15) is 19.2 Å². The van der Waals surface area contributed by atoms with Crippen LogP contribution in [-0.4, -0.2) is 88.0 Å². The highest BCUT2D eigenvalue weighted by molar-refractivity contribution is 6.06. The summed E-state index contributed by atoms with van der Waals surface area (Å²) < 4.78 is 11.2. The highest BCUT2D eigenvalue weighted by Gasteiger charge is 2.17. The Morgan fingerprint density at radius 2 is 1.11 bits per heavy atom. The fraction of sp³-hybridized carbons (Fsp3) is 0.234. The molecule has 0 aliphatic heterocycles. The monoisotopic (exact) mass is 823 g/mol. The highest BCUT2D eigenvalue weighted by Crippen LogP contribution is 2.32. The van der Waals surface area contributed by atoms with E-state index in [1.165, 1.54) is 16.5 Å². The summed E-state index contributed by atoms with van der Waals surface area (Å²) in [7, 11) is 4.94. The third-order valence-electron chi connectivity index (χ3n) is 10.2. The van der Waals surface area contributed by atoms with E-state index in [0.29, 0.717) is 33.9 Å². The molecule has 314 valence electrons. The molecular weight excluding hydrogens is 775 g/mol. The average Bonchev–Trinajstić information content (AvgIpc) is 3.83. The standard InChI is InChI=1S/C27H28N4O3.C20H21N3O4/c1-15-6-8-20(10-16(15)2)29-27(33)19-7-9-22-23(13-19)31-26(30-22)25-17(3)11-21(12-18(25)4)34-14-24(32)28-5;1-11-7-14(27-10-17(24)23(3)4)8-12(2)18(11)19-21-15-6-5-13(20(25)26)9-16(15)22-19/h6-13H,14H2,1-5H3,(H,28,32)(H,29,33)(H,30,31);5-9H,10H2,1-4H3,(H,21,22)(H,25,26). The predicted octanol–water partition coefficient (Wildman–Crippen LogP) is 7.85. The molecule has 2 heterocycles. The van der Waals surface area contributed by atoms with Gasteiger partial charge in [-0.05, 0) is 148 Å². The number of carboxylic acid groups (broad SMARTS) is 1. The van der Waals surface area contributed by atoms with Gasteiger partial charge in [0.05, 0.1) is 27.6 Å². The Bertz CT molecular complexity index is 2770. The third-order valence-corrected chi connectivity index (χ3v) is 10.2. The van der Waals surface area contributed by atoms with Crippen LogP contribution in [-0.2, 0) is 9.59 Å². The van der Waals surface area contributed by atoms with Crippen LogP contribution in [0.2, 0.25) is 0 Å². The number of carboxylic acids is 1. The maximum Gasteiger partial charge on any atom is 0.335 e. The van der Waals surface area contributed by atoms with Crippen LogP contribution in [0.15, 0.2) is 78.9 Å². The molecule has 5 aromatic carbocycles. The van der Waals surface area contributed by atoms with Crippen LogP contribution in [0.1, 0.15) is 54.1 Å². The maximum absolute atomic E-state index is 12.8. The molecule has 14 heteroatoms. The summed E-state index contributed by atoms with van der Waals surface area (Å²) in [4.78, 5) is 64.5. The first-order valence-corrected chi connectivity index (χ1v) is 19.5. The number of ether oxygens (including phenoxy) is 2. The van der Waals surface area contributed by atoms with Crippen LogP contribution in [0.25, 0.3) is 44.8 Å². The molecule has 0 atom stereocenters. The summed E-state index contributed by atoms with van der Waals surface area (Å²) in [6, 6.07) is 23.6. The number of likely N-dealkylation sites (N-methyl/N-ethyl adjacent to an activating group) is 2. The Balaban J connectivity index is 0.000000210. The number of fused-ring (bicyclic) bond motifs is 2. The molecule has 61 heavy (non-hydrogen) atoms. The van der Waals surface area contributed by atoms with Gasteiger partial charge in [0, 0.05) is 43.5 Å². The number of anilines is 1. The zero-order valence-electron chi connectivity index (χ0n) is 35.7. The van der Waals surface area contributed by atoms with E-state index in [2.05, 4.69) is 25.6 Å². The van der Waals surface area contributed by atoms with Crippen molar-refractivity contribution >= 4 is 51.4 Å². The van der Waals surface area contributed by atoms with E-state index < -0.39 is 5.97 Å². The summed E-state index contributed by atoms with van der Waals surface area (Å²) in [6.07, 6.45) is 0. The largest absolute Gasteiger partial charge is 0.484 e. The van der Waals surface area contributed by atoms with Crippen molar-refractivity contribution in [2.45, 2.75) is 41.5 Å². The Labute approximate surface area is 353 Å². The normalized spacial score (nSPS) is 10.8. The van der Waals surface area contributed by atoms with E-state index in [1.54, 1.807) is 39.3 Å². The predicted molar refractivity (Wildman–Crippen MR) is 237 cm³/mol. The van der Waals surface area contributed by atoms with Crippen LogP contribution in [0.3, 0.4) is 0 Å². The number of hydrogen-bond donors (Lipinski definition) is 5. The van der Waals surface area contributed by atoms with Gasteiger partial charge in [-0.3, -0.25) is 14.4 Å². The molecule has 7 rings (SSSR count). The number of carbonyl (C=O) groups is 4. The molecule has 14 nitrogen and oxygen atoms in total. The Morgan fingerprint density at radius 3 is 1.59 bits per heavy atom. The van der Waals surface area contributed by atoms with Gasteiger partial charge in [0.1, 0.15) is 23.1 Å². The number of imidazole rings is 2. The smallest absolute Gasteiger partial charge is 0.335 e. The Hall–Kier alpha value is -7.48. The van der Waals surface area contributed by atoms with Crippen molar-refractivity contribution in [3.63, 3.8) is 0 Å². The SMILES string of the molecule is CNC(=O)COc1cc(C)c(-c2nc3ccc(C(=O)Nc4ccc(C)c(C)c4)cc3[nH]2)c(C)c1.Cc1cc(OCC(=O)N(C)C)cc(C)c1-c1nc2ccc(C(=O)O)cc2[nH]1. The number of rotatable bonds is 11. The number of benzene rings is 5. The fourth-order valence-corrected chi connectivity index (χ4v) is 6.81. The lowest BCUT2D eigenvalue weighted by Gasteiger charge is -2.14. The number of H-pyrrole nitrogens is 2. The van der Waals surface area contributed by atoms with Gasteiger partial charge in [-0.2, -0.15) is 0 Å². The molecule has 7 aromatic rings. The molecular formula is C47H49N7O7. The molecule has 0 aliphatic carbocycles. The lowest BCUT2D eigenvalue weighted by Crippen LogP contribution is -2.27. The number of aromatic amines is 2. The lowest BCUT2D eigenvalue weighted by molar-refractivity contribution is -0.130. The van der Waals surface area contributed by atoms with Crippen LogP contribution in [0, 0.1) is 41.5 Å². The summed E-state index contributed by atoms with van der Waals surface area (Å²) >= 11 is 0. The van der Waals surface area contributed by atoms with E-state index >= 15 is 0 Å². The zero-order chi connectivity index (χ0) is 44.1. The Morgan fingerprint density at radius 1 is 0.623 bits per heavy atom. The summed E-state index contributed by atoms with van der Waals surface area (Å²) in [5.74, 6) is 1.18. The van der Waals surface area contributed by atoms with Crippen molar-refractivity contribution in [2.24, 2.45) is 0 Å². The second kappa shape index (κ2) is 18.2. The molecule has 5 N–H and O–H groups in total. The lowest BCUT2D eigenvalue weighted by atomic mass is 10.0. The molecule has 0 radical (unpaired) electrons. The van der Waals surface area contributed by atoms with E-state index in [-0.39, 0.29) is 36.5 Å². The minimum absolute atomic E-state index is 0.0200. The van der Waals surface area contributed by atoms with Gasteiger partial charge in [-0.15, -0.1) is 0 Å². The third kappa shape index (κ3) is 10.0. The number of nitrogens with one attached hydrogen (secondary N) is 4. The van der Waals surface area contributed by atoms with Crippen LogP contribution >= 0.6 is 0 Å². The quantitative estimate of drug-likeness (QED) is 0.0865. The van der Waals surface area contributed by atoms with Gasteiger partial charge in [-0.1, -0.05) is 6.07 Å². The fourth-order valence-electron chi connectivity index (χ4n) is 6.81. The number of amides is 3. The molecule has 0 fully saturated rings. The molecule has 2 aromatic heterocycles. The van der Waals surface area contributed by atoms with Crippen molar-refractivity contribution in [3.05, 3.63) is 123 Å². The van der Waals surface area contributed by atoms with Gasteiger partial charge in [0.25, 0.3) is 17.7 Å². The maximum atomic E-state index is 12.8. The topological polar surface area (TPSA) is 192 Å². The van der Waals surface area contributed by atoms with E-state index in [0.717, 1.165) is 61.5 Å². The summed E-state index contributed by atoms with van der Waals surface area (Å²) in [5, 5.41) is 14.6. The molecule has 0 spiro atoms. The molecule has 0 aliphatic rings. The van der Waals surface area contributed by atoms with E-state index in [1.807, 2.05) is 96.1 Å². The molecule has 3 amide bonds. The van der Waals surface area contributed by atoms with Crippen LogP contribution in [0.4, 0.5) is 5.69 Å². The van der Waals surface area contributed by atoms with Crippen LogP contribution in [0.5, 0.6) is 11.5 Å². The number of hydrogen-bond acceptors (Lipinski definition) is 8. The van der Waals surface area contributed by atoms with Crippen LogP contribution < -0.4 is 20.1 Å². The molecule has 0 unspecified atom stereocenters. The minimum Gasteiger partial charge on any atom is -0.484 e. The van der Waals surface area contributed by atoms with E-state index in [4.69, 9.17) is 19.6 Å². The number of aromatic nitrogens is 4. The van der Waals surface area contributed by atoms with Gasteiger partial charge < -0.3 is 40.1 Å². The van der Waals surface area contributed by atoms with Crippen molar-refractivity contribution in [2.75, 3.05) is 39.7 Å². The van der Waals surface area contributed by atoms with Crippen molar-refractivity contribution in [1.29, 1.82) is 0 Å². The molecule has 0 bridgehead atoms. The summed E-state index contributed by atoms with van der Waals surface area (Å²) in [5.41, 5.74) is 12.5. The average molecular weight is 824 g/mol. The minimum atomic E-state index is -0.978. The van der Waals surface area contributed by atoms with Gasteiger partial charge in [0.2, 0.25) is 0 Å². The molecule has 0 saturated carbocycles. The zero-order valence-corrected chi connectivity index (χ0v) is 35.7. The first-order chi connectivity index (χ1) is 29.0. The second-order valence-corrected chi connectivity index (χ2v) is 15.1. The molecule has 0 saturated heterocycles. The first-order valence-electron chi connectivity index (χ1n) is 19.5. The van der Waals surface area contributed by atoms with Gasteiger partial charge in [-0.25, -0.2) is 14.8 Å². The van der Waals surface area contributed by atoms with Gasteiger partial charge >= 0.3 is 5.97 Å². The van der Waals surface area contributed by atoms with Crippen molar-refractivity contribution < 1.29 is 33.8 Å². The number of aryl methyl sites for hydroxylation is 6. The Kier molecular flexibility index (Phi) is 12.9. The summed E-state index contributed by atoms with van der Waals surface area (Å²) in [6.45, 7) is 11.8.